The largest absolute Gasteiger partial charge is 0.477 e. The Kier molecular flexibility index (Phi) is 60.2. The summed E-state index contributed by atoms with van der Waals surface area (Å²) in [6, 6.07) is 0. The molecule has 0 aromatic heterocycles. The van der Waals surface area contributed by atoms with Crippen molar-refractivity contribution in [2.75, 3.05) is 47.5 Å². The van der Waals surface area contributed by atoms with Gasteiger partial charge in [0, 0.05) is 12.8 Å². The van der Waals surface area contributed by atoms with E-state index in [-0.39, 0.29) is 32.2 Å². The number of carboxylic acid groups (broad SMARTS) is 1. The lowest BCUT2D eigenvalue weighted by Crippen LogP contribution is -2.40. The summed E-state index contributed by atoms with van der Waals surface area (Å²) in [5.74, 6) is -2.01. The van der Waals surface area contributed by atoms with Crippen LogP contribution in [-0.4, -0.2) is 87.4 Å². The number of likely N-dealkylation sites (N-methyl/N-ethyl adjacent to an activating group) is 1. The summed E-state index contributed by atoms with van der Waals surface area (Å²) >= 11 is 0. The number of unbranched alkanes of at least 4 members (excludes halogenated alkanes) is 36. The molecular formula is C72H130NO8+. The topological polar surface area (TPSA) is 108 Å². The van der Waals surface area contributed by atoms with Crippen molar-refractivity contribution in [2.24, 2.45) is 0 Å². The maximum Gasteiger partial charge on any atom is 0.361 e. The van der Waals surface area contributed by atoms with Gasteiger partial charge in [-0.15, -0.1) is 0 Å². The fourth-order valence-corrected chi connectivity index (χ4v) is 9.74. The van der Waals surface area contributed by atoms with Crippen LogP contribution in [0.1, 0.15) is 309 Å². The first-order valence-electron chi connectivity index (χ1n) is 34.1. The van der Waals surface area contributed by atoms with Crippen molar-refractivity contribution in [1.29, 1.82) is 0 Å². The van der Waals surface area contributed by atoms with Gasteiger partial charge in [0.25, 0.3) is 6.29 Å². The van der Waals surface area contributed by atoms with Crippen molar-refractivity contribution >= 4 is 17.9 Å². The summed E-state index contributed by atoms with van der Waals surface area (Å²) in [7, 11) is 5.97. The molecule has 81 heavy (non-hydrogen) atoms. The van der Waals surface area contributed by atoms with Gasteiger partial charge in [-0.05, 0) is 83.5 Å². The molecule has 9 heteroatoms. The number of hydrogen-bond donors (Lipinski definition) is 1. The van der Waals surface area contributed by atoms with E-state index >= 15 is 0 Å². The summed E-state index contributed by atoms with van der Waals surface area (Å²) in [4.78, 5) is 37.6. The predicted octanol–water partition coefficient (Wildman–Crippen LogP) is 20.9. The van der Waals surface area contributed by atoms with Crippen molar-refractivity contribution in [2.45, 2.75) is 322 Å². The molecular weight excluding hydrogens is 1010 g/mol. The molecule has 0 aromatic rings. The van der Waals surface area contributed by atoms with Crippen LogP contribution in [0.4, 0.5) is 0 Å². The Morgan fingerprint density at radius 1 is 0.383 bits per heavy atom. The molecule has 2 unspecified atom stereocenters. The smallest absolute Gasteiger partial charge is 0.361 e. The number of hydrogen-bond acceptors (Lipinski definition) is 7. The number of allylic oxidation sites excluding steroid dienone is 12. The van der Waals surface area contributed by atoms with E-state index < -0.39 is 24.3 Å². The molecule has 0 saturated carbocycles. The third-order valence-corrected chi connectivity index (χ3v) is 14.9. The van der Waals surface area contributed by atoms with Gasteiger partial charge in [-0.2, -0.15) is 0 Å². The number of esters is 2. The number of carbonyl (C=O) groups is 3. The van der Waals surface area contributed by atoms with E-state index in [0.29, 0.717) is 23.9 Å². The van der Waals surface area contributed by atoms with Crippen LogP contribution in [0.2, 0.25) is 0 Å². The normalized spacial score (nSPS) is 13.1. The minimum atomic E-state index is -1.52. The first-order valence-corrected chi connectivity index (χ1v) is 34.1. The lowest BCUT2D eigenvalue weighted by atomic mass is 10.0. The summed E-state index contributed by atoms with van der Waals surface area (Å²) in [6.07, 6.45) is 80.2. The Hall–Kier alpha value is -3.27. The van der Waals surface area contributed by atoms with Gasteiger partial charge in [0.15, 0.2) is 6.10 Å². The molecule has 0 heterocycles. The summed E-state index contributed by atoms with van der Waals surface area (Å²) in [6.45, 7) is 4.78. The number of ether oxygens (including phenoxy) is 4. The lowest BCUT2D eigenvalue weighted by Gasteiger charge is -2.25. The highest BCUT2D eigenvalue weighted by atomic mass is 16.7. The van der Waals surface area contributed by atoms with Gasteiger partial charge in [-0.3, -0.25) is 9.59 Å². The minimum Gasteiger partial charge on any atom is -0.477 e. The third-order valence-electron chi connectivity index (χ3n) is 14.9. The van der Waals surface area contributed by atoms with Gasteiger partial charge in [0.05, 0.1) is 34.4 Å². The van der Waals surface area contributed by atoms with Crippen molar-refractivity contribution in [3.63, 3.8) is 0 Å². The second kappa shape index (κ2) is 62.8. The van der Waals surface area contributed by atoms with Crippen molar-refractivity contribution in [3.05, 3.63) is 72.9 Å². The van der Waals surface area contributed by atoms with E-state index in [1.165, 1.54) is 199 Å². The van der Waals surface area contributed by atoms with Crippen molar-refractivity contribution in [1.82, 2.24) is 0 Å². The number of rotatable bonds is 63. The highest BCUT2D eigenvalue weighted by molar-refractivity contribution is 5.71. The molecule has 2 atom stereocenters. The Morgan fingerprint density at radius 2 is 0.704 bits per heavy atom. The molecule has 470 valence electrons. The zero-order valence-corrected chi connectivity index (χ0v) is 53.7. The van der Waals surface area contributed by atoms with Crippen LogP contribution < -0.4 is 0 Å². The number of carboxylic acids is 1. The zero-order chi connectivity index (χ0) is 59.1. The summed E-state index contributed by atoms with van der Waals surface area (Å²) in [5.41, 5.74) is 0. The minimum absolute atomic E-state index is 0.184. The molecule has 1 N–H and O–H groups in total. The van der Waals surface area contributed by atoms with Gasteiger partial charge < -0.3 is 28.5 Å². The van der Waals surface area contributed by atoms with Gasteiger partial charge in [-0.1, -0.05) is 286 Å². The van der Waals surface area contributed by atoms with Crippen LogP contribution in [-0.2, 0) is 33.3 Å². The van der Waals surface area contributed by atoms with Crippen LogP contribution in [0, 0.1) is 0 Å². The number of carbonyl (C=O) groups excluding carboxylic acids is 2. The van der Waals surface area contributed by atoms with Crippen molar-refractivity contribution < 1.29 is 42.9 Å². The standard InChI is InChI=1S/C72H129NO8/c1-6-8-10-12-14-16-18-20-22-24-26-28-30-31-32-33-34-35-36-37-38-39-41-42-44-46-48-50-52-54-56-58-60-62-69(74)79-66-68(67-80-72(71(76)77)78-65-64-73(3,4)5)81-70(75)63-61-59-57-55-53-51-49-47-45-43-40-29-27-25-23-21-19-17-15-13-11-9-7-2/h9,11,15,17,21,23-24,26-27,29,43,45,68,72H,6-8,10,12-14,16,18-20,22,25,28,30-42,44,46-67H2,1-5H3/p+1/b11-9-,17-15-,23-21-,26-24-,29-27-,45-43-. The van der Waals surface area contributed by atoms with Crippen LogP contribution >= 0.6 is 0 Å². The molecule has 0 aromatic carbocycles. The molecule has 0 bridgehead atoms. The van der Waals surface area contributed by atoms with E-state index in [9.17, 15) is 19.5 Å². The molecule has 0 saturated heterocycles. The van der Waals surface area contributed by atoms with Crippen LogP contribution in [0.15, 0.2) is 72.9 Å². The van der Waals surface area contributed by atoms with Crippen LogP contribution in [0.3, 0.4) is 0 Å². The van der Waals surface area contributed by atoms with E-state index in [4.69, 9.17) is 18.9 Å². The second-order valence-electron chi connectivity index (χ2n) is 24.1. The van der Waals surface area contributed by atoms with E-state index in [1.807, 2.05) is 21.1 Å². The van der Waals surface area contributed by atoms with Gasteiger partial charge in [0.2, 0.25) is 0 Å². The fraction of sp³-hybridized carbons (Fsp3) is 0.792. The zero-order valence-electron chi connectivity index (χ0n) is 53.7. The summed E-state index contributed by atoms with van der Waals surface area (Å²) < 4.78 is 23.0. The lowest BCUT2D eigenvalue weighted by molar-refractivity contribution is -0.870. The maximum absolute atomic E-state index is 12.9. The molecule has 0 amide bonds. The SMILES string of the molecule is CC/C=C\C/C=C\C/C=C\C/C=C\C/C=C\CCCCCCCCCC(=O)OC(COC(=O)CCCCCCCCCCCCCCCCCCCCCCC/C=C\CCCCCCCCCC)COC(OCC[N+](C)(C)C)C(=O)O. The number of quaternary nitrogens is 1. The average molecular weight is 1140 g/mol. The average Bonchev–Trinajstić information content (AvgIpc) is 3.44. The molecule has 9 nitrogen and oxygen atoms in total. The third kappa shape index (κ3) is 64.1. The molecule has 0 fully saturated rings. The van der Waals surface area contributed by atoms with E-state index in [0.717, 1.165) is 77.0 Å². The van der Waals surface area contributed by atoms with Gasteiger partial charge in [-0.25, -0.2) is 4.79 Å². The number of aliphatic carboxylic acids is 1. The van der Waals surface area contributed by atoms with Gasteiger partial charge in [0.1, 0.15) is 13.2 Å². The Labute approximate surface area is 500 Å². The Balaban J connectivity index is 4.09. The Bertz CT molecular complexity index is 1560. The molecule has 0 radical (unpaired) electrons. The predicted molar refractivity (Wildman–Crippen MR) is 346 cm³/mol. The maximum atomic E-state index is 12.9. The molecule has 0 spiro atoms. The number of nitrogens with zero attached hydrogens (tertiary/aromatic N) is 1. The van der Waals surface area contributed by atoms with E-state index in [1.54, 1.807) is 0 Å². The molecule has 0 aliphatic rings. The highest BCUT2D eigenvalue weighted by Gasteiger charge is 2.25. The highest BCUT2D eigenvalue weighted by Crippen LogP contribution is 2.18. The van der Waals surface area contributed by atoms with Crippen LogP contribution in [0.5, 0.6) is 0 Å². The second-order valence-corrected chi connectivity index (χ2v) is 24.1. The molecule has 0 rings (SSSR count). The Morgan fingerprint density at radius 3 is 1.06 bits per heavy atom. The van der Waals surface area contributed by atoms with Crippen molar-refractivity contribution in [3.8, 4) is 0 Å². The monoisotopic (exact) mass is 1140 g/mol. The summed E-state index contributed by atoms with van der Waals surface area (Å²) in [5, 5.41) is 9.73. The first kappa shape index (κ1) is 77.7. The molecule has 0 aliphatic carbocycles. The molecule has 0 aliphatic heterocycles. The quantitative estimate of drug-likeness (QED) is 0.0211. The first-order chi connectivity index (χ1) is 39.6. The van der Waals surface area contributed by atoms with Gasteiger partial charge >= 0.3 is 17.9 Å². The van der Waals surface area contributed by atoms with Crippen LogP contribution in [0.25, 0.3) is 0 Å². The fourth-order valence-electron chi connectivity index (χ4n) is 9.74. The van der Waals surface area contributed by atoms with E-state index in [2.05, 4.69) is 86.8 Å².